The van der Waals surface area contributed by atoms with Crippen LogP contribution in [-0.4, -0.2) is 20.4 Å². The molecule has 6 nitrogen and oxygen atoms in total. The molecule has 0 radical (unpaired) electrons. The standard InChI is InChI=1S/C4H5NO5/c6-1-2(7)4(9)10-5-3(1)8/h5-9H. The Balaban J connectivity index is 3.01. The monoisotopic (exact) mass is 147 g/mol. The van der Waals surface area contributed by atoms with Crippen molar-refractivity contribution in [1.82, 2.24) is 5.48 Å². The predicted octanol–water partition coefficient (Wildman–Crippen LogP) is 0.0914. The Labute approximate surface area is 55.2 Å². The summed E-state index contributed by atoms with van der Waals surface area (Å²) in [4.78, 5) is 4.04. The van der Waals surface area contributed by atoms with E-state index < -0.39 is 23.3 Å². The smallest absolute Gasteiger partial charge is 0.351 e. The Bertz CT molecular complexity index is 194. The third-order valence-electron chi connectivity index (χ3n) is 0.896. The van der Waals surface area contributed by atoms with E-state index in [4.69, 9.17) is 20.4 Å². The maximum absolute atomic E-state index is 8.64. The van der Waals surface area contributed by atoms with Gasteiger partial charge in [-0.1, -0.05) is 0 Å². The van der Waals surface area contributed by atoms with Gasteiger partial charge in [-0.15, -0.1) is 0 Å². The molecule has 0 saturated heterocycles. The van der Waals surface area contributed by atoms with Crippen LogP contribution >= 0.6 is 0 Å². The number of hydroxylamine groups is 1. The molecule has 6 heteroatoms. The summed E-state index contributed by atoms with van der Waals surface area (Å²) in [7, 11) is 0. The highest BCUT2D eigenvalue weighted by Crippen LogP contribution is 2.14. The van der Waals surface area contributed by atoms with Crippen LogP contribution in [0.25, 0.3) is 0 Å². The molecule has 0 atom stereocenters. The van der Waals surface area contributed by atoms with Crippen LogP contribution in [0.1, 0.15) is 0 Å². The van der Waals surface area contributed by atoms with Gasteiger partial charge in [-0.05, 0) is 0 Å². The summed E-state index contributed by atoms with van der Waals surface area (Å²) >= 11 is 0. The van der Waals surface area contributed by atoms with Crippen molar-refractivity contribution in [3.8, 4) is 0 Å². The molecule has 5 N–H and O–H groups in total. The summed E-state index contributed by atoms with van der Waals surface area (Å²) in [6, 6.07) is 0. The molecular weight excluding hydrogens is 142 g/mol. The Hall–Kier alpha value is -1.72. The number of hydrogen-bond acceptors (Lipinski definition) is 6. The van der Waals surface area contributed by atoms with Crippen molar-refractivity contribution < 1.29 is 25.3 Å². The van der Waals surface area contributed by atoms with Gasteiger partial charge in [-0.3, -0.25) is 0 Å². The van der Waals surface area contributed by atoms with Gasteiger partial charge in [-0.25, -0.2) is 0 Å². The molecule has 0 spiro atoms. The van der Waals surface area contributed by atoms with E-state index in [1.165, 1.54) is 0 Å². The highest BCUT2D eigenvalue weighted by molar-refractivity contribution is 5.21. The van der Waals surface area contributed by atoms with Crippen molar-refractivity contribution in [2.45, 2.75) is 0 Å². The number of hydrogen-bond donors (Lipinski definition) is 5. The van der Waals surface area contributed by atoms with Crippen molar-refractivity contribution in [2.24, 2.45) is 0 Å². The topological polar surface area (TPSA) is 102 Å². The zero-order valence-electron chi connectivity index (χ0n) is 4.70. The first-order valence-corrected chi connectivity index (χ1v) is 2.30. The van der Waals surface area contributed by atoms with E-state index in [9.17, 15) is 0 Å². The second-order valence-electron chi connectivity index (χ2n) is 1.56. The zero-order chi connectivity index (χ0) is 7.72. The largest absolute Gasteiger partial charge is 0.500 e. The lowest BCUT2D eigenvalue weighted by atomic mass is 10.4. The number of aliphatic hydroxyl groups excluding tert-OH is 4. The van der Waals surface area contributed by atoms with Crippen molar-refractivity contribution in [1.29, 1.82) is 0 Å². The molecule has 56 valence electrons. The van der Waals surface area contributed by atoms with Crippen LogP contribution in [0.4, 0.5) is 0 Å². The summed E-state index contributed by atoms with van der Waals surface area (Å²) in [5, 5.41) is 34.3. The van der Waals surface area contributed by atoms with Crippen molar-refractivity contribution in [3.05, 3.63) is 23.3 Å². The van der Waals surface area contributed by atoms with E-state index in [2.05, 4.69) is 4.84 Å². The summed E-state index contributed by atoms with van der Waals surface area (Å²) in [5.74, 6) is -3.41. The average molecular weight is 147 g/mol. The van der Waals surface area contributed by atoms with Crippen molar-refractivity contribution in [3.63, 3.8) is 0 Å². The molecule has 0 aromatic carbocycles. The molecule has 1 heterocycles. The third kappa shape index (κ3) is 0.750. The fourth-order valence-corrected chi connectivity index (χ4v) is 0.407. The SMILES string of the molecule is OC1=C(O)C(O)=C(O)ON1. The second kappa shape index (κ2) is 1.90. The molecule has 0 aromatic heterocycles. The minimum Gasteiger partial charge on any atom is -0.500 e. The lowest BCUT2D eigenvalue weighted by Crippen LogP contribution is -2.22. The minimum atomic E-state index is -0.906. The highest BCUT2D eigenvalue weighted by Gasteiger charge is 2.21. The van der Waals surface area contributed by atoms with Gasteiger partial charge >= 0.3 is 5.95 Å². The van der Waals surface area contributed by atoms with Gasteiger partial charge in [-0.2, -0.15) is 5.48 Å². The first-order chi connectivity index (χ1) is 4.63. The van der Waals surface area contributed by atoms with Gasteiger partial charge in [0.25, 0.3) is 5.88 Å². The van der Waals surface area contributed by atoms with Crippen LogP contribution in [0, 0.1) is 0 Å². The predicted molar refractivity (Wildman–Crippen MR) is 28.8 cm³/mol. The normalized spacial score (nSPS) is 18.4. The fraction of sp³-hybridized carbons (Fsp3) is 0. The summed E-state index contributed by atoms with van der Waals surface area (Å²) in [6.07, 6.45) is 0. The number of rotatable bonds is 0. The molecule has 0 unspecified atom stereocenters. The minimum absolute atomic E-state index is 0.754. The number of aliphatic hydroxyl groups is 4. The van der Waals surface area contributed by atoms with E-state index in [0.29, 0.717) is 0 Å². The first-order valence-electron chi connectivity index (χ1n) is 2.30. The van der Waals surface area contributed by atoms with Crippen molar-refractivity contribution in [2.75, 3.05) is 0 Å². The molecule has 1 aliphatic rings. The van der Waals surface area contributed by atoms with Crippen molar-refractivity contribution >= 4 is 0 Å². The molecule has 0 aromatic rings. The lowest BCUT2D eigenvalue weighted by molar-refractivity contribution is -0.0149. The Morgan fingerprint density at radius 3 is 2.10 bits per heavy atom. The maximum atomic E-state index is 8.64. The Morgan fingerprint density at radius 1 is 1.00 bits per heavy atom. The molecule has 0 saturated carbocycles. The third-order valence-corrected chi connectivity index (χ3v) is 0.896. The first kappa shape index (κ1) is 6.40. The van der Waals surface area contributed by atoms with Gasteiger partial charge in [0.15, 0.2) is 0 Å². The fourth-order valence-electron chi connectivity index (χ4n) is 0.407. The molecule has 1 aliphatic heterocycles. The number of nitrogens with one attached hydrogen (secondary N) is 1. The quantitative estimate of drug-likeness (QED) is 0.333. The molecule has 10 heavy (non-hydrogen) atoms. The second-order valence-corrected chi connectivity index (χ2v) is 1.56. The van der Waals surface area contributed by atoms with Crippen LogP contribution in [0.2, 0.25) is 0 Å². The summed E-state index contributed by atoms with van der Waals surface area (Å²) < 4.78 is 0. The van der Waals surface area contributed by atoms with Crippen LogP contribution in [-0.2, 0) is 4.84 Å². The van der Waals surface area contributed by atoms with Crippen LogP contribution in [0.3, 0.4) is 0 Å². The van der Waals surface area contributed by atoms with Gasteiger partial charge in [0.1, 0.15) is 0 Å². The van der Waals surface area contributed by atoms with E-state index in [0.717, 1.165) is 0 Å². The van der Waals surface area contributed by atoms with E-state index in [1.807, 2.05) is 0 Å². The van der Waals surface area contributed by atoms with Gasteiger partial charge in [0.2, 0.25) is 11.5 Å². The average Bonchev–Trinajstić information content (AvgIpc) is 1.93. The maximum Gasteiger partial charge on any atom is 0.351 e. The van der Waals surface area contributed by atoms with Crippen LogP contribution in [0.15, 0.2) is 23.3 Å². The molecular formula is C4H5NO5. The summed E-state index contributed by atoms with van der Waals surface area (Å²) in [6.45, 7) is 0. The molecule has 0 fully saturated rings. The Morgan fingerprint density at radius 2 is 1.60 bits per heavy atom. The summed E-state index contributed by atoms with van der Waals surface area (Å²) in [5.41, 5.74) is 1.73. The molecule has 0 amide bonds. The van der Waals surface area contributed by atoms with Gasteiger partial charge < -0.3 is 25.3 Å². The van der Waals surface area contributed by atoms with Gasteiger partial charge in [0.05, 0.1) is 0 Å². The van der Waals surface area contributed by atoms with E-state index in [-0.39, 0.29) is 0 Å². The molecule has 0 bridgehead atoms. The van der Waals surface area contributed by atoms with E-state index in [1.54, 1.807) is 5.48 Å². The molecule has 0 aliphatic carbocycles. The van der Waals surface area contributed by atoms with Gasteiger partial charge in [0, 0.05) is 0 Å². The highest BCUT2D eigenvalue weighted by atomic mass is 16.7. The van der Waals surface area contributed by atoms with E-state index >= 15 is 0 Å². The molecule has 1 rings (SSSR count). The van der Waals surface area contributed by atoms with Crippen LogP contribution < -0.4 is 5.48 Å². The Kier molecular flexibility index (Phi) is 1.22. The lowest BCUT2D eigenvalue weighted by Gasteiger charge is -2.12. The van der Waals surface area contributed by atoms with Crippen LogP contribution in [0.5, 0.6) is 0 Å². The zero-order valence-corrected chi connectivity index (χ0v) is 4.70.